The van der Waals surface area contributed by atoms with Crippen LogP contribution in [0.2, 0.25) is 0 Å². The topological polar surface area (TPSA) is 108 Å². The molecule has 2 fully saturated rings. The summed E-state index contributed by atoms with van der Waals surface area (Å²) < 4.78 is 28.1. The Morgan fingerprint density at radius 2 is 1.77 bits per heavy atom. The first kappa shape index (κ1) is 32.6. The summed E-state index contributed by atoms with van der Waals surface area (Å²) in [4.78, 5) is 46.9. The molecule has 1 saturated heterocycles. The zero-order valence-electron chi connectivity index (χ0n) is 27.2. The third-order valence-electron chi connectivity index (χ3n) is 8.79. The summed E-state index contributed by atoms with van der Waals surface area (Å²) in [6, 6.07) is 16.5. The highest BCUT2D eigenvalue weighted by molar-refractivity contribution is 5.76. The molecule has 6 rings (SSSR count). The molecular formula is C36H42FN5O5. The molecule has 2 aromatic heterocycles. The monoisotopic (exact) mass is 643 g/mol. The van der Waals surface area contributed by atoms with Crippen LogP contribution in [0.25, 0.3) is 27.8 Å². The standard InChI is InChI=1S/C36H42FN5O5/c1-36(2,3)47-34(44)39-28-12-14-29(15-13-28)42-33(43)31-21-27(37)22-38-32(31)41(35(42)45)30-7-4-6-26(20-30)25-10-8-24(9-11-25)23-40-16-5-18-46-19-17-40/h4,6-11,20-22,28-29H,5,12-19,23H2,1-3H3,(H,39,44). The summed E-state index contributed by atoms with van der Waals surface area (Å²) in [5, 5.41) is 2.93. The Balaban J connectivity index is 1.29. The van der Waals surface area contributed by atoms with Gasteiger partial charge in [-0.05, 0) is 87.8 Å². The minimum atomic E-state index is -0.654. The normalized spacial score (nSPS) is 19.3. The van der Waals surface area contributed by atoms with Crippen LogP contribution in [0.15, 0.2) is 70.4 Å². The summed E-state index contributed by atoms with van der Waals surface area (Å²) >= 11 is 0. The molecule has 1 amide bonds. The molecule has 2 aromatic carbocycles. The van der Waals surface area contributed by atoms with Crippen LogP contribution < -0.4 is 16.6 Å². The minimum Gasteiger partial charge on any atom is -0.444 e. The first-order valence-electron chi connectivity index (χ1n) is 16.4. The molecule has 248 valence electrons. The Morgan fingerprint density at radius 1 is 1.00 bits per heavy atom. The maximum Gasteiger partial charge on any atom is 0.407 e. The van der Waals surface area contributed by atoms with Crippen molar-refractivity contribution in [3.63, 3.8) is 0 Å². The maximum atomic E-state index is 14.4. The SMILES string of the molecule is CC(C)(C)OC(=O)NC1CCC(n2c(=O)c3cc(F)cnc3n(-c3cccc(-c4ccc(CN5CCCOCC5)cc4)c3)c2=O)CC1. The van der Waals surface area contributed by atoms with Crippen molar-refractivity contribution in [2.45, 2.75) is 77.1 Å². The molecule has 1 saturated carbocycles. The van der Waals surface area contributed by atoms with Crippen LogP contribution in [-0.2, 0) is 16.0 Å². The number of ether oxygens (including phenoxy) is 2. The molecule has 0 atom stereocenters. The van der Waals surface area contributed by atoms with E-state index in [1.54, 1.807) is 26.8 Å². The van der Waals surface area contributed by atoms with Crippen molar-refractivity contribution in [1.29, 1.82) is 0 Å². The first-order valence-corrected chi connectivity index (χ1v) is 16.4. The highest BCUT2D eigenvalue weighted by atomic mass is 19.1. The number of aromatic nitrogens is 3. The van der Waals surface area contributed by atoms with Gasteiger partial charge < -0.3 is 14.8 Å². The lowest BCUT2D eigenvalue weighted by Gasteiger charge is -2.31. The Labute approximate surface area is 273 Å². The number of halogens is 1. The summed E-state index contributed by atoms with van der Waals surface area (Å²) in [7, 11) is 0. The number of amides is 1. The van der Waals surface area contributed by atoms with Crippen LogP contribution in [0, 0.1) is 5.82 Å². The average molecular weight is 644 g/mol. The van der Waals surface area contributed by atoms with Crippen LogP contribution in [0.3, 0.4) is 0 Å². The van der Waals surface area contributed by atoms with E-state index in [9.17, 15) is 18.8 Å². The van der Waals surface area contributed by atoms with Crippen LogP contribution in [-0.4, -0.2) is 63.1 Å². The highest BCUT2D eigenvalue weighted by Crippen LogP contribution is 2.29. The van der Waals surface area contributed by atoms with Crippen molar-refractivity contribution in [1.82, 2.24) is 24.3 Å². The molecule has 1 aliphatic carbocycles. The van der Waals surface area contributed by atoms with Gasteiger partial charge in [0.25, 0.3) is 5.56 Å². The second-order valence-electron chi connectivity index (χ2n) is 13.5. The van der Waals surface area contributed by atoms with Crippen LogP contribution in [0.5, 0.6) is 0 Å². The molecule has 1 aliphatic heterocycles. The lowest BCUT2D eigenvalue weighted by Crippen LogP contribution is -2.45. The second kappa shape index (κ2) is 13.8. The van der Waals surface area contributed by atoms with E-state index in [0.717, 1.165) is 62.7 Å². The summed E-state index contributed by atoms with van der Waals surface area (Å²) in [6.45, 7) is 9.75. The lowest BCUT2D eigenvalue weighted by atomic mass is 9.91. The van der Waals surface area contributed by atoms with E-state index in [1.165, 1.54) is 14.7 Å². The van der Waals surface area contributed by atoms with Gasteiger partial charge in [0.05, 0.1) is 23.9 Å². The van der Waals surface area contributed by atoms with Crippen LogP contribution >= 0.6 is 0 Å². The molecular weight excluding hydrogens is 601 g/mol. The molecule has 0 spiro atoms. The van der Waals surface area contributed by atoms with Gasteiger partial charge in [-0.2, -0.15) is 0 Å². The number of rotatable bonds is 6. The molecule has 0 radical (unpaired) electrons. The largest absolute Gasteiger partial charge is 0.444 e. The number of pyridine rings is 1. The molecule has 0 bridgehead atoms. The van der Waals surface area contributed by atoms with Crippen molar-refractivity contribution < 1.29 is 18.7 Å². The molecule has 11 heteroatoms. The maximum absolute atomic E-state index is 14.4. The Hall–Kier alpha value is -4.35. The van der Waals surface area contributed by atoms with E-state index in [0.29, 0.717) is 31.4 Å². The number of hydrogen-bond donors (Lipinski definition) is 1. The van der Waals surface area contributed by atoms with Crippen molar-refractivity contribution in [3.05, 3.63) is 93.0 Å². The van der Waals surface area contributed by atoms with Crippen molar-refractivity contribution in [3.8, 4) is 16.8 Å². The van der Waals surface area contributed by atoms with E-state index >= 15 is 0 Å². The minimum absolute atomic E-state index is 0.0345. The zero-order chi connectivity index (χ0) is 33.1. The number of fused-ring (bicyclic) bond motifs is 1. The Kier molecular flexibility index (Phi) is 9.56. The predicted molar refractivity (Wildman–Crippen MR) is 178 cm³/mol. The Bertz CT molecular complexity index is 1850. The smallest absolute Gasteiger partial charge is 0.407 e. The van der Waals surface area contributed by atoms with Gasteiger partial charge in [-0.3, -0.25) is 14.3 Å². The summed E-state index contributed by atoms with van der Waals surface area (Å²) in [6.07, 6.45) is 3.66. The predicted octanol–water partition coefficient (Wildman–Crippen LogP) is 5.58. The van der Waals surface area contributed by atoms with E-state index < -0.39 is 34.8 Å². The van der Waals surface area contributed by atoms with E-state index in [1.807, 2.05) is 18.2 Å². The quantitative estimate of drug-likeness (QED) is 0.292. The number of hydrogen-bond acceptors (Lipinski definition) is 7. The van der Waals surface area contributed by atoms with Gasteiger partial charge in [-0.15, -0.1) is 0 Å². The third kappa shape index (κ3) is 7.63. The fraction of sp³-hybridized carbons (Fsp3) is 0.444. The average Bonchev–Trinajstić information content (AvgIpc) is 3.30. The van der Waals surface area contributed by atoms with E-state index in [-0.39, 0.29) is 17.1 Å². The number of carbonyl (C=O) groups is 1. The molecule has 0 unspecified atom stereocenters. The van der Waals surface area contributed by atoms with E-state index in [2.05, 4.69) is 39.5 Å². The third-order valence-corrected chi connectivity index (χ3v) is 8.79. The highest BCUT2D eigenvalue weighted by Gasteiger charge is 2.29. The second-order valence-corrected chi connectivity index (χ2v) is 13.5. The van der Waals surface area contributed by atoms with Gasteiger partial charge in [0.15, 0.2) is 5.65 Å². The molecule has 2 aliphatic rings. The number of nitrogens with one attached hydrogen (secondary N) is 1. The van der Waals surface area contributed by atoms with Gasteiger partial charge in [-0.25, -0.2) is 23.5 Å². The zero-order valence-corrected chi connectivity index (χ0v) is 27.2. The van der Waals surface area contributed by atoms with Crippen molar-refractivity contribution in [2.75, 3.05) is 26.3 Å². The van der Waals surface area contributed by atoms with Crippen molar-refractivity contribution in [2.24, 2.45) is 0 Å². The molecule has 47 heavy (non-hydrogen) atoms. The van der Waals surface area contributed by atoms with Crippen LogP contribution in [0.4, 0.5) is 9.18 Å². The van der Waals surface area contributed by atoms with Crippen molar-refractivity contribution >= 4 is 17.1 Å². The molecule has 3 heterocycles. The Morgan fingerprint density at radius 3 is 2.51 bits per heavy atom. The molecule has 1 N–H and O–H groups in total. The van der Waals surface area contributed by atoms with Gasteiger partial charge in [0.1, 0.15) is 11.4 Å². The number of alkyl carbamates (subject to hydrolysis) is 1. The number of benzene rings is 2. The van der Waals surface area contributed by atoms with E-state index in [4.69, 9.17) is 9.47 Å². The lowest BCUT2D eigenvalue weighted by molar-refractivity contribution is 0.0487. The fourth-order valence-electron chi connectivity index (χ4n) is 6.53. The number of carbonyl (C=O) groups excluding carboxylic acids is 1. The fourth-order valence-corrected chi connectivity index (χ4v) is 6.53. The van der Waals surface area contributed by atoms with Gasteiger partial charge in [0, 0.05) is 38.3 Å². The van der Waals surface area contributed by atoms with Gasteiger partial charge in [-0.1, -0.05) is 36.4 Å². The summed E-state index contributed by atoms with van der Waals surface area (Å²) in [5.41, 5.74) is 2.01. The first-order chi connectivity index (χ1) is 22.6. The summed E-state index contributed by atoms with van der Waals surface area (Å²) in [5.74, 6) is -0.654. The molecule has 10 nitrogen and oxygen atoms in total. The van der Waals surface area contributed by atoms with Crippen LogP contribution in [0.1, 0.15) is 64.5 Å². The van der Waals surface area contributed by atoms with Gasteiger partial charge >= 0.3 is 11.8 Å². The van der Waals surface area contributed by atoms with Gasteiger partial charge in [0.2, 0.25) is 0 Å². The molecule has 4 aromatic rings. The number of nitrogens with zero attached hydrogens (tertiary/aromatic N) is 4.